The third-order valence-electron chi connectivity index (χ3n) is 7.59. The first kappa shape index (κ1) is 27.3. The molecule has 3 aromatic carbocycles. The second-order valence-corrected chi connectivity index (χ2v) is 11.2. The zero-order valence-electron chi connectivity index (χ0n) is 23.9. The minimum absolute atomic E-state index is 0.00480. The van der Waals surface area contributed by atoms with E-state index in [9.17, 15) is 9.59 Å². The van der Waals surface area contributed by atoms with Crippen molar-refractivity contribution in [2.45, 2.75) is 45.6 Å². The summed E-state index contributed by atoms with van der Waals surface area (Å²) < 4.78 is 22.8. The van der Waals surface area contributed by atoms with Crippen LogP contribution in [0.2, 0.25) is 0 Å². The van der Waals surface area contributed by atoms with Crippen LogP contribution < -0.4 is 19.8 Å². The smallest absolute Gasteiger partial charge is 0.336 e. The van der Waals surface area contributed by atoms with Gasteiger partial charge in [-0.15, -0.1) is 0 Å². The Labute approximate surface area is 234 Å². The van der Waals surface area contributed by atoms with E-state index in [-0.39, 0.29) is 24.0 Å². The number of nitrogens with zero attached hydrogens (tertiary/aromatic N) is 1. The maximum Gasteiger partial charge on any atom is 0.336 e. The van der Waals surface area contributed by atoms with Crippen LogP contribution in [-0.4, -0.2) is 38.2 Å². The average molecular weight is 542 g/mol. The molecule has 0 N–H and O–H groups in total. The van der Waals surface area contributed by atoms with Gasteiger partial charge in [0.25, 0.3) is 5.91 Å². The Morgan fingerprint density at radius 1 is 0.975 bits per heavy atom. The predicted molar refractivity (Wildman–Crippen MR) is 155 cm³/mol. The van der Waals surface area contributed by atoms with Gasteiger partial charge in [0.1, 0.15) is 17.9 Å². The Morgan fingerprint density at radius 2 is 1.68 bits per heavy atom. The first-order chi connectivity index (χ1) is 19.1. The Morgan fingerprint density at radius 3 is 2.35 bits per heavy atom. The van der Waals surface area contributed by atoms with Crippen LogP contribution in [0.1, 0.15) is 59.4 Å². The van der Waals surface area contributed by atoms with Crippen LogP contribution in [0.3, 0.4) is 0 Å². The van der Waals surface area contributed by atoms with Crippen molar-refractivity contribution in [3.8, 4) is 17.2 Å². The molecule has 0 radical (unpaired) electrons. The summed E-state index contributed by atoms with van der Waals surface area (Å²) in [5, 5.41) is 0.849. The third-order valence-corrected chi connectivity index (χ3v) is 7.59. The monoisotopic (exact) mass is 541 g/mol. The van der Waals surface area contributed by atoms with Crippen LogP contribution in [0.4, 0.5) is 0 Å². The fraction of sp³-hybridized carbons (Fsp3) is 0.333. The Bertz CT molecular complexity index is 1610. The molecule has 2 heterocycles. The van der Waals surface area contributed by atoms with Crippen molar-refractivity contribution >= 4 is 16.9 Å². The molecular weight excluding hydrogens is 506 g/mol. The quantitative estimate of drug-likeness (QED) is 0.269. The van der Waals surface area contributed by atoms with Crippen LogP contribution in [0.15, 0.2) is 69.9 Å². The Kier molecular flexibility index (Phi) is 7.32. The van der Waals surface area contributed by atoms with Crippen molar-refractivity contribution in [2.24, 2.45) is 0 Å². The summed E-state index contributed by atoms with van der Waals surface area (Å²) in [6.07, 6.45) is 0.679. The van der Waals surface area contributed by atoms with E-state index in [1.807, 2.05) is 60.4 Å². The molecule has 0 saturated heterocycles. The van der Waals surface area contributed by atoms with Crippen LogP contribution in [0.25, 0.3) is 11.0 Å². The van der Waals surface area contributed by atoms with Crippen molar-refractivity contribution in [3.05, 3.63) is 98.9 Å². The molecule has 5 rings (SSSR count). The minimum Gasteiger partial charge on any atom is -0.493 e. The fourth-order valence-electron chi connectivity index (χ4n) is 5.30. The number of aryl methyl sites for hydroxylation is 1. The lowest BCUT2D eigenvalue weighted by Gasteiger charge is -2.37. The zero-order valence-corrected chi connectivity index (χ0v) is 23.9. The van der Waals surface area contributed by atoms with Gasteiger partial charge in [-0.25, -0.2) is 4.79 Å². The largest absolute Gasteiger partial charge is 0.493 e. The number of methoxy groups -OCH3 is 2. The molecular formula is C33H35NO6. The first-order valence-electron chi connectivity index (χ1n) is 13.4. The van der Waals surface area contributed by atoms with Crippen LogP contribution in [0.5, 0.6) is 17.2 Å². The lowest BCUT2D eigenvalue weighted by molar-refractivity contribution is 0.0589. The number of hydrogen-bond donors (Lipinski definition) is 0. The lowest BCUT2D eigenvalue weighted by Crippen LogP contribution is -2.42. The molecule has 0 fully saturated rings. The number of ether oxygens (including phenoxy) is 3. The van der Waals surface area contributed by atoms with Crippen molar-refractivity contribution in [1.82, 2.24) is 4.90 Å². The molecule has 4 aromatic rings. The van der Waals surface area contributed by atoms with Gasteiger partial charge < -0.3 is 23.5 Å². The van der Waals surface area contributed by atoms with Crippen LogP contribution in [-0.2, 0) is 11.8 Å². The number of carbonyl (C=O) groups is 1. The summed E-state index contributed by atoms with van der Waals surface area (Å²) in [5.74, 6) is 1.74. The summed E-state index contributed by atoms with van der Waals surface area (Å²) >= 11 is 0. The van der Waals surface area contributed by atoms with E-state index in [1.165, 1.54) is 11.6 Å². The molecule has 7 nitrogen and oxygen atoms in total. The van der Waals surface area contributed by atoms with Crippen molar-refractivity contribution in [1.29, 1.82) is 0 Å². The number of carbonyl (C=O) groups excluding carboxylic acids is 1. The fourth-order valence-corrected chi connectivity index (χ4v) is 5.30. The third kappa shape index (κ3) is 5.28. The number of hydrogen-bond acceptors (Lipinski definition) is 6. The number of benzene rings is 3. The van der Waals surface area contributed by atoms with Crippen LogP contribution in [0, 0.1) is 6.92 Å². The molecule has 1 aromatic heterocycles. The van der Waals surface area contributed by atoms with Gasteiger partial charge in [-0.1, -0.05) is 32.9 Å². The molecule has 0 aliphatic carbocycles. The first-order valence-corrected chi connectivity index (χ1v) is 13.4. The van der Waals surface area contributed by atoms with Gasteiger partial charge in [0.05, 0.1) is 20.3 Å². The second kappa shape index (κ2) is 10.7. The van der Waals surface area contributed by atoms with Gasteiger partial charge in [-0.2, -0.15) is 0 Å². The van der Waals surface area contributed by atoms with E-state index in [2.05, 4.69) is 20.8 Å². The number of amides is 1. The standard InChI is InChI=1S/C33H35NO6/c1-20-15-31(35)40-28-17-24(11-12-25(20)28)39-19-27-26-18-30(38-6)29(37-5)16-22(26)13-14-34(27)32(36)21-7-9-23(10-8-21)33(2,3)4/h7-12,15-18,27H,13-14,19H2,1-6H3. The molecule has 40 heavy (non-hydrogen) atoms. The van der Waals surface area contributed by atoms with E-state index in [1.54, 1.807) is 20.3 Å². The van der Waals surface area contributed by atoms with Gasteiger partial charge in [-0.3, -0.25) is 4.79 Å². The number of rotatable bonds is 6. The topological polar surface area (TPSA) is 78.2 Å². The van der Waals surface area contributed by atoms with Gasteiger partial charge in [-0.05, 0) is 77.4 Å². The highest BCUT2D eigenvalue weighted by atomic mass is 16.5. The highest BCUT2D eigenvalue weighted by Gasteiger charge is 2.33. The molecule has 7 heteroatoms. The van der Waals surface area contributed by atoms with Gasteiger partial charge >= 0.3 is 5.63 Å². The summed E-state index contributed by atoms with van der Waals surface area (Å²) in [4.78, 5) is 27.7. The SMILES string of the molecule is COc1cc2c(cc1OC)C(COc1ccc3c(C)cc(=O)oc3c1)N(C(=O)c1ccc(C(C)(C)C)cc1)CC2. The molecule has 1 atom stereocenters. The van der Waals surface area contributed by atoms with Crippen molar-refractivity contribution in [3.63, 3.8) is 0 Å². The predicted octanol–water partition coefficient (Wildman–Crippen LogP) is 6.23. The number of fused-ring (bicyclic) bond motifs is 2. The maximum absolute atomic E-state index is 13.9. The average Bonchev–Trinajstić information content (AvgIpc) is 2.93. The molecule has 208 valence electrons. The Balaban J connectivity index is 1.50. The molecule has 0 spiro atoms. The van der Waals surface area contributed by atoms with Gasteiger partial charge in [0.2, 0.25) is 0 Å². The van der Waals surface area contributed by atoms with E-state index < -0.39 is 5.63 Å². The molecule has 0 bridgehead atoms. The van der Waals surface area contributed by atoms with E-state index in [0.717, 1.165) is 22.1 Å². The minimum atomic E-state index is -0.404. The van der Waals surface area contributed by atoms with E-state index >= 15 is 0 Å². The van der Waals surface area contributed by atoms with Crippen molar-refractivity contribution in [2.75, 3.05) is 27.4 Å². The van der Waals surface area contributed by atoms with Gasteiger partial charge in [0.15, 0.2) is 11.5 Å². The van der Waals surface area contributed by atoms with Crippen LogP contribution >= 0.6 is 0 Å². The van der Waals surface area contributed by atoms with Crippen molar-refractivity contribution < 1.29 is 23.4 Å². The normalized spacial score (nSPS) is 15.1. The van der Waals surface area contributed by atoms with E-state index in [0.29, 0.717) is 41.4 Å². The molecule has 1 aliphatic rings. The summed E-state index contributed by atoms with van der Waals surface area (Å²) in [7, 11) is 3.22. The second-order valence-electron chi connectivity index (χ2n) is 11.2. The summed E-state index contributed by atoms with van der Waals surface area (Å²) in [6, 6.07) is 18.3. The zero-order chi connectivity index (χ0) is 28.6. The van der Waals surface area contributed by atoms with Gasteiger partial charge in [0, 0.05) is 29.6 Å². The highest BCUT2D eigenvalue weighted by molar-refractivity contribution is 5.95. The van der Waals surface area contributed by atoms with E-state index in [4.69, 9.17) is 18.6 Å². The summed E-state index contributed by atoms with van der Waals surface area (Å²) in [5.41, 5.74) is 4.73. The molecule has 1 amide bonds. The maximum atomic E-state index is 13.9. The lowest BCUT2D eigenvalue weighted by atomic mass is 9.86. The molecule has 0 saturated carbocycles. The Hall–Kier alpha value is -4.26. The molecule has 1 aliphatic heterocycles. The summed E-state index contributed by atoms with van der Waals surface area (Å²) in [6.45, 7) is 9.06. The molecule has 1 unspecified atom stereocenters. The highest BCUT2D eigenvalue weighted by Crippen LogP contribution is 2.39.